The van der Waals surface area contributed by atoms with Gasteiger partial charge in [0.15, 0.2) is 0 Å². The maximum absolute atomic E-state index is 5.31. The molecule has 1 saturated heterocycles. The molecule has 0 unspecified atom stereocenters. The Morgan fingerprint density at radius 2 is 2.06 bits per heavy atom. The minimum Gasteiger partial charge on any atom is -0.497 e. The Hall–Kier alpha value is -1.02. The highest BCUT2D eigenvalue weighted by atomic mass is 16.5. The molecule has 0 saturated carbocycles. The predicted molar refractivity (Wildman–Crippen MR) is 69.6 cm³/mol. The van der Waals surface area contributed by atoms with Gasteiger partial charge in [0.2, 0.25) is 0 Å². The maximum Gasteiger partial charge on any atom is 0.119 e. The molecular formula is C15H21NO. The van der Waals surface area contributed by atoms with Crippen LogP contribution in [-0.2, 0) is 12.8 Å². The summed E-state index contributed by atoms with van der Waals surface area (Å²) in [6.45, 7) is 3.66. The molecule has 1 aromatic rings. The Bertz CT molecular complexity index is 415. The van der Waals surface area contributed by atoms with E-state index in [9.17, 15) is 0 Å². The fourth-order valence-corrected chi connectivity index (χ4v) is 3.43. The molecule has 1 aliphatic heterocycles. The normalized spacial score (nSPS) is 28.4. The van der Waals surface area contributed by atoms with E-state index in [1.807, 2.05) is 0 Å². The minimum atomic E-state index is 0.731. The van der Waals surface area contributed by atoms with Gasteiger partial charge in [-0.1, -0.05) is 6.07 Å². The summed E-state index contributed by atoms with van der Waals surface area (Å²) in [7, 11) is 1.75. The number of nitrogens with zero attached hydrogens (tertiary/aromatic N) is 1. The second-order valence-corrected chi connectivity index (χ2v) is 5.43. The minimum absolute atomic E-state index is 0.731. The summed E-state index contributed by atoms with van der Waals surface area (Å²) < 4.78 is 5.31. The van der Waals surface area contributed by atoms with Crippen molar-refractivity contribution in [2.75, 3.05) is 13.7 Å². The molecule has 92 valence electrons. The first-order valence-corrected chi connectivity index (χ1v) is 6.69. The van der Waals surface area contributed by atoms with Crippen LogP contribution in [0.1, 0.15) is 30.9 Å². The van der Waals surface area contributed by atoms with Crippen molar-refractivity contribution in [1.82, 2.24) is 4.90 Å². The van der Waals surface area contributed by atoms with Crippen molar-refractivity contribution >= 4 is 0 Å². The fourth-order valence-electron chi connectivity index (χ4n) is 3.43. The van der Waals surface area contributed by atoms with E-state index in [0.29, 0.717) is 0 Å². The monoisotopic (exact) mass is 231 g/mol. The molecule has 3 rings (SSSR count). The van der Waals surface area contributed by atoms with Crippen LogP contribution in [0.3, 0.4) is 0 Å². The molecule has 1 fully saturated rings. The zero-order chi connectivity index (χ0) is 11.8. The third-order valence-corrected chi connectivity index (χ3v) is 4.40. The van der Waals surface area contributed by atoms with Gasteiger partial charge in [-0.2, -0.15) is 0 Å². The van der Waals surface area contributed by atoms with E-state index >= 15 is 0 Å². The summed E-state index contributed by atoms with van der Waals surface area (Å²) in [5.41, 5.74) is 3.02. The van der Waals surface area contributed by atoms with E-state index in [1.54, 1.807) is 7.11 Å². The Morgan fingerprint density at radius 1 is 1.24 bits per heavy atom. The molecule has 17 heavy (non-hydrogen) atoms. The summed E-state index contributed by atoms with van der Waals surface area (Å²) in [4.78, 5) is 2.70. The number of fused-ring (bicyclic) bond motifs is 1. The van der Waals surface area contributed by atoms with Crippen LogP contribution < -0.4 is 4.74 Å². The number of hydrogen-bond donors (Lipinski definition) is 0. The summed E-state index contributed by atoms with van der Waals surface area (Å²) in [6.07, 6.45) is 5.17. The van der Waals surface area contributed by atoms with Gasteiger partial charge in [-0.3, -0.25) is 4.90 Å². The molecule has 0 spiro atoms. The van der Waals surface area contributed by atoms with Crippen LogP contribution in [0, 0.1) is 0 Å². The lowest BCUT2D eigenvalue weighted by Gasteiger charge is -2.27. The van der Waals surface area contributed by atoms with E-state index in [-0.39, 0.29) is 0 Å². The van der Waals surface area contributed by atoms with Crippen LogP contribution in [0.2, 0.25) is 0 Å². The smallest absolute Gasteiger partial charge is 0.119 e. The van der Waals surface area contributed by atoms with Crippen LogP contribution in [-0.4, -0.2) is 30.6 Å². The molecular weight excluding hydrogens is 210 g/mol. The predicted octanol–water partition coefficient (Wildman–Crippen LogP) is 2.65. The van der Waals surface area contributed by atoms with Gasteiger partial charge in [-0.05, 0) is 62.4 Å². The Labute approximate surface area is 104 Å². The Morgan fingerprint density at radius 3 is 2.76 bits per heavy atom. The van der Waals surface area contributed by atoms with Crippen molar-refractivity contribution in [2.24, 2.45) is 0 Å². The molecule has 0 N–H and O–H groups in total. The van der Waals surface area contributed by atoms with Crippen molar-refractivity contribution in [1.29, 1.82) is 0 Å². The highest BCUT2D eigenvalue weighted by Crippen LogP contribution is 2.32. The van der Waals surface area contributed by atoms with Gasteiger partial charge in [-0.15, -0.1) is 0 Å². The first-order chi connectivity index (χ1) is 8.28. The van der Waals surface area contributed by atoms with Gasteiger partial charge in [0.25, 0.3) is 0 Å². The molecule has 1 aromatic carbocycles. The van der Waals surface area contributed by atoms with Crippen molar-refractivity contribution in [2.45, 2.75) is 44.7 Å². The zero-order valence-corrected chi connectivity index (χ0v) is 10.8. The molecule has 1 heterocycles. The molecule has 0 aromatic heterocycles. The van der Waals surface area contributed by atoms with E-state index in [0.717, 1.165) is 17.8 Å². The lowest BCUT2D eigenvalue weighted by Crippen LogP contribution is -2.38. The standard InChI is InChI=1S/C15H21NO/c1-11-4-3-7-16(11)14-8-12-5-6-15(17-2)10-13(12)9-14/h5-6,10-11,14H,3-4,7-9H2,1-2H3/t11-,14-/m1/s1. The van der Waals surface area contributed by atoms with Crippen LogP contribution >= 0.6 is 0 Å². The van der Waals surface area contributed by atoms with Crippen molar-refractivity contribution in [3.8, 4) is 5.75 Å². The van der Waals surface area contributed by atoms with Gasteiger partial charge in [-0.25, -0.2) is 0 Å². The molecule has 0 radical (unpaired) electrons. The average molecular weight is 231 g/mol. The van der Waals surface area contributed by atoms with Gasteiger partial charge < -0.3 is 4.74 Å². The number of rotatable bonds is 2. The summed E-state index contributed by atoms with van der Waals surface area (Å²) in [5, 5.41) is 0. The molecule has 2 aliphatic rings. The SMILES string of the molecule is COc1ccc2c(c1)C[C@H](N1CCC[C@H]1C)C2. The quantitative estimate of drug-likeness (QED) is 0.776. The second-order valence-electron chi connectivity index (χ2n) is 5.43. The molecule has 2 nitrogen and oxygen atoms in total. The molecule has 1 aliphatic carbocycles. The van der Waals surface area contributed by atoms with Crippen LogP contribution in [0.4, 0.5) is 0 Å². The first-order valence-electron chi connectivity index (χ1n) is 6.69. The van der Waals surface area contributed by atoms with E-state index in [2.05, 4.69) is 30.0 Å². The van der Waals surface area contributed by atoms with E-state index < -0.39 is 0 Å². The fraction of sp³-hybridized carbons (Fsp3) is 0.600. The summed E-state index contributed by atoms with van der Waals surface area (Å²) in [6, 6.07) is 8.06. The topological polar surface area (TPSA) is 12.5 Å². The molecule has 0 amide bonds. The number of benzene rings is 1. The van der Waals surface area contributed by atoms with Crippen molar-refractivity contribution < 1.29 is 4.74 Å². The second kappa shape index (κ2) is 4.34. The van der Waals surface area contributed by atoms with Crippen molar-refractivity contribution in [3.63, 3.8) is 0 Å². The number of ether oxygens (including phenoxy) is 1. The number of hydrogen-bond acceptors (Lipinski definition) is 2. The lowest BCUT2D eigenvalue weighted by atomic mass is 10.1. The average Bonchev–Trinajstić information content (AvgIpc) is 2.93. The molecule has 2 atom stereocenters. The zero-order valence-electron chi connectivity index (χ0n) is 10.8. The number of likely N-dealkylation sites (tertiary alicyclic amines) is 1. The Kier molecular flexibility index (Phi) is 2.83. The largest absolute Gasteiger partial charge is 0.497 e. The Balaban J connectivity index is 1.78. The third-order valence-electron chi connectivity index (χ3n) is 4.40. The number of methoxy groups -OCH3 is 1. The van der Waals surface area contributed by atoms with Crippen molar-refractivity contribution in [3.05, 3.63) is 29.3 Å². The highest BCUT2D eigenvalue weighted by Gasteiger charge is 2.32. The van der Waals surface area contributed by atoms with E-state index in [4.69, 9.17) is 4.74 Å². The lowest BCUT2D eigenvalue weighted by molar-refractivity contribution is 0.195. The van der Waals surface area contributed by atoms with E-state index in [1.165, 1.54) is 43.4 Å². The third kappa shape index (κ3) is 1.95. The van der Waals surface area contributed by atoms with Crippen LogP contribution in [0.25, 0.3) is 0 Å². The van der Waals surface area contributed by atoms with Crippen LogP contribution in [0.15, 0.2) is 18.2 Å². The van der Waals surface area contributed by atoms with Gasteiger partial charge in [0.1, 0.15) is 5.75 Å². The first kappa shape index (κ1) is 11.1. The van der Waals surface area contributed by atoms with Crippen LogP contribution in [0.5, 0.6) is 5.75 Å². The summed E-state index contributed by atoms with van der Waals surface area (Å²) in [5.74, 6) is 0.999. The summed E-state index contributed by atoms with van der Waals surface area (Å²) >= 11 is 0. The highest BCUT2D eigenvalue weighted by molar-refractivity contribution is 5.40. The maximum atomic E-state index is 5.31. The van der Waals surface area contributed by atoms with Gasteiger partial charge in [0, 0.05) is 12.1 Å². The molecule has 2 heteroatoms. The van der Waals surface area contributed by atoms with Gasteiger partial charge >= 0.3 is 0 Å². The van der Waals surface area contributed by atoms with Gasteiger partial charge in [0.05, 0.1) is 7.11 Å². The molecule has 0 bridgehead atoms.